The fraction of sp³-hybridized carbons (Fsp3) is 0.333. The molecule has 2 saturated heterocycles. The fourth-order valence-electron chi connectivity index (χ4n) is 3.81. The van der Waals surface area contributed by atoms with Gasteiger partial charge in [0.1, 0.15) is 6.04 Å². The smallest absolute Gasteiger partial charge is 0.252 e. The average Bonchev–Trinajstić information content (AvgIpc) is 3.34. The first-order valence-electron chi connectivity index (χ1n) is 9.69. The van der Waals surface area contributed by atoms with Crippen molar-refractivity contribution in [1.82, 2.24) is 4.31 Å². The molecule has 2 aliphatic heterocycles. The molecule has 0 N–H and O–H groups in total. The summed E-state index contributed by atoms with van der Waals surface area (Å²) in [5.41, 5.74) is 0.438. The monoisotopic (exact) mass is 492 g/mol. The van der Waals surface area contributed by atoms with Crippen LogP contribution in [0.1, 0.15) is 19.3 Å². The maximum absolute atomic E-state index is 13.5. The van der Waals surface area contributed by atoms with Crippen LogP contribution in [0.25, 0.3) is 0 Å². The van der Waals surface area contributed by atoms with E-state index in [1.807, 2.05) is 0 Å². The number of carbonyl (C=O) groups is 2. The van der Waals surface area contributed by atoms with Crippen LogP contribution >= 0.6 is 15.9 Å². The molecule has 2 amide bonds. The lowest BCUT2D eigenvalue weighted by Crippen LogP contribution is -2.48. The van der Waals surface area contributed by atoms with Crippen LogP contribution < -0.4 is 4.90 Å². The highest BCUT2D eigenvalue weighted by atomic mass is 79.9. The Hall–Kier alpha value is -2.07. The van der Waals surface area contributed by atoms with E-state index in [0.717, 1.165) is 20.1 Å². The predicted octanol–water partition coefficient (Wildman–Crippen LogP) is 2.95. The Labute approximate surface area is 183 Å². The van der Waals surface area contributed by atoms with Crippen LogP contribution in [-0.4, -0.2) is 49.8 Å². The highest BCUT2D eigenvalue weighted by molar-refractivity contribution is 9.10. The molecule has 2 atom stereocenters. The van der Waals surface area contributed by atoms with E-state index in [9.17, 15) is 18.0 Å². The molecule has 7 nitrogen and oxygen atoms in total. The van der Waals surface area contributed by atoms with Crippen LogP contribution in [0.2, 0.25) is 0 Å². The SMILES string of the molecule is O=C1CC(N(CC2CCCO2)S(=O)(=O)c2ccc(Br)cc2)C(=O)N1c1ccccc1. The third-order valence-corrected chi connectivity index (χ3v) is 7.73. The second kappa shape index (κ2) is 8.58. The summed E-state index contributed by atoms with van der Waals surface area (Å²) in [4.78, 5) is 27.1. The second-order valence-corrected chi connectivity index (χ2v) is 10.1. The van der Waals surface area contributed by atoms with E-state index >= 15 is 0 Å². The molecular weight excluding hydrogens is 472 g/mol. The summed E-state index contributed by atoms with van der Waals surface area (Å²) >= 11 is 3.30. The molecule has 0 bridgehead atoms. The lowest BCUT2D eigenvalue weighted by molar-refractivity contribution is -0.122. The number of sulfonamides is 1. The maximum atomic E-state index is 13.5. The number of halogens is 1. The Balaban J connectivity index is 1.70. The predicted molar refractivity (Wildman–Crippen MR) is 114 cm³/mol. The van der Waals surface area contributed by atoms with Gasteiger partial charge in [-0.1, -0.05) is 34.1 Å². The van der Waals surface area contributed by atoms with Crippen LogP contribution in [0.15, 0.2) is 64.0 Å². The molecule has 0 radical (unpaired) electrons. The summed E-state index contributed by atoms with van der Waals surface area (Å²) in [6.45, 7) is 0.592. The van der Waals surface area contributed by atoms with Crippen LogP contribution in [0.5, 0.6) is 0 Å². The summed E-state index contributed by atoms with van der Waals surface area (Å²) in [6.07, 6.45) is 1.05. The second-order valence-electron chi connectivity index (χ2n) is 7.29. The third-order valence-electron chi connectivity index (χ3n) is 5.31. The number of amides is 2. The molecule has 158 valence electrons. The molecule has 0 spiro atoms. The Kier molecular flexibility index (Phi) is 6.06. The van der Waals surface area contributed by atoms with Crippen LogP contribution in [-0.2, 0) is 24.3 Å². The fourth-order valence-corrected chi connectivity index (χ4v) is 5.69. The number of para-hydroxylation sites is 1. The molecule has 0 aromatic heterocycles. The van der Waals surface area contributed by atoms with Crippen molar-refractivity contribution < 1.29 is 22.7 Å². The summed E-state index contributed by atoms with van der Waals surface area (Å²) in [5, 5.41) is 0. The van der Waals surface area contributed by atoms with Crippen molar-refractivity contribution in [1.29, 1.82) is 0 Å². The van der Waals surface area contributed by atoms with Gasteiger partial charge in [0.2, 0.25) is 15.9 Å². The largest absolute Gasteiger partial charge is 0.377 e. The van der Waals surface area contributed by atoms with E-state index in [4.69, 9.17) is 4.74 Å². The third kappa shape index (κ3) is 4.07. The van der Waals surface area contributed by atoms with Gasteiger partial charge in [0.05, 0.1) is 23.1 Å². The van der Waals surface area contributed by atoms with Gasteiger partial charge in [0.15, 0.2) is 0 Å². The number of benzene rings is 2. The minimum atomic E-state index is -4.02. The lowest BCUT2D eigenvalue weighted by atomic mass is 10.2. The zero-order chi connectivity index (χ0) is 21.3. The van der Waals surface area contributed by atoms with E-state index in [2.05, 4.69) is 15.9 Å². The molecule has 4 rings (SSSR count). The molecule has 0 saturated carbocycles. The van der Waals surface area contributed by atoms with E-state index in [-0.39, 0.29) is 24.0 Å². The van der Waals surface area contributed by atoms with Crippen molar-refractivity contribution in [3.05, 3.63) is 59.1 Å². The molecule has 9 heteroatoms. The van der Waals surface area contributed by atoms with Gasteiger partial charge in [0, 0.05) is 17.6 Å². The molecular formula is C21H21BrN2O5S. The number of imide groups is 1. The van der Waals surface area contributed by atoms with Crippen LogP contribution in [0.4, 0.5) is 5.69 Å². The van der Waals surface area contributed by atoms with Crippen molar-refractivity contribution >= 4 is 43.5 Å². The first-order chi connectivity index (χ1) is 14.4. The standard InChI is InChI=1S/C21H21BrN2O5S/c22-15-8-10-18(11-9-15)30(27,28)23(14-17-7-4-12-29-17)19-13-20(25)24(21(19)26)16-5-2-1-3-6-16/h1-3,5-6,8-11,17,19H,4,7,12-14H2. The van der Waals surface area contributed by atoms with Crippen molar-refractivity contribution in [2.24, 2.45) is 0 Å². The van der Waals surface area contributed by atoms with Gasteiger partial charge in [-0.15, -0.1) is 0 Å². The first-order valence-corrected chi connectivity index (χ1v) is 11.9. The van der Waals surface area contributed by atoms with E-state index < -0.39 is 27.9 Å². The normalized spacial score (nSPS) is 22.3. The van der Waals surface area contributed by atoms with Gasteiger partial charge in [-0.2, -0.15) is 4.31 Å². The number of ether oxygens (including phenoxy) is 1. The first kappa shape index (κ1) is 21.2. The Bertz CT molecular complexity index is 1040. The Morgan fingerprint density at radius 2 is 1.77 bits per heavy atom. The van der Waals surface area contributed by atoms with E-state index in [1.54, 1.807) is 42.5 Å². The van der Waals surface area contributed by atoms with Gasteiger partial charge in [-0.3, -0.25) is 9.59 Å². The van der Waals surface area contributed by atoms with Crippen molar-refractivity contribution in [3.8, 4) is 0 Å². The average molecular weight is 493 g/mol. The van der Waals surface area contributed by atoms with Crippen LogP contribution in [0.3, 0.4) is 0 Å². The molecule has 2 unspecified atom stereocenters. The number of hydrogen-bond acceptors (Lipinski definition) is 5. The number of carbonyl (C=O) groups excluding carboxylic acids is 2. The van der Waals surface area contributed by atoms with Gasteiger partial charge in [0.25, 0.3) is 5.91 Å². The molecule has 0 aliphatic carbocycles. The van der Waals surface area contributed by atoms with Gasteiger partial charge >= 0.3 is 0 Å². The van der Waals surface area contributed by atoms with Gasteiger partial charge < -0.3 is 4.74 Å². The number of anilines is 1. The van der Waals surface area contributed by atoms with Gasteiger partial charge in [-0.25, -0.2) is 13.3 Å². The molecule has 2 fully saturated rings. The van der Waals surface area contributed by atoms with Crippen molar-refractivity contribution in [2.75, 3.05) is 18.1 Å². The Morgan fingerprint density at radius 1 is 1.07 bits per heavy atom. The number of nitrogens with zero attached hydrogens (tertiary/aromatic N) is 2. The quantitative estimate of drug-likeness (QED) is 0.578. The topological polar surface area (TPSA) is 84.0 Å². The molecule has 2 aromatic rings. The summed E-state index contributed by atoms with van der Waals surface area (Å²) in [6, 6.07) is 13.7. The zero-order valence-electron chi connectivity index (χ0n) is 16.1. The minimum Gasteiger partial charge on any atom is -0.377 e. The lowest BCUT2D eigenvalue weighted by Gasteiger charge is -2.29. The maximum Gasteiger partial charge on any atom is 0.252 e. The molecule has 30 heavy (non-hydrogen) atoms. The number of rotatable bonds is 6. The van der Waals surface area contributed by atoms with Gasteiger partial charge in [-0.05, 0) is 49.2 Å². The summed E-state index contributed by atoms with van der Waals surface area (Å²) < 4.78 is 34.5. The molecule has 2 aliphatic rings. The van der Waals surface area contributed by atoms with Crippen molar-refractivity contribution in [3.63, 3.8) is 0 Å². The zero-order valence-corrected chi connectivity index (χ0v) is 18.5. The van der Waals surface area contributed by atoms with Crippen LogP contribution in [0, 0.1) is 0 Å². The molecule has 2 heterocycles. The number of hydrogen-bond donors (Lipinski definition) is 0. The van der Waals surface area contributed by atoms with Crippen molar-refractivity contribution in [2.45, 2.75) is 36.3 Å². The van der Waals surface area contributed by atoms with E-state index in [1.165, 1.54) is 12.1 Å². The summed E-state index contributed by atoms with van der Waals surface area (Å²) in [7, 11) is -4.02. The molecule has 2 aromatic carbocycles. The highest BCUT2D eigenvalue weighted by Gasteiger charge is 2.47. The summed E-state index contributed by atoms with van der Waals surface area (Å²) in [5.74, 6) is -0.954. The highest BCUT2D eigenvalue weighted by Crippen LogP contribution is 2.31. The van der Waals surface area contributed by atoms with E-state index in [0.29, 0.717) is 18.7 Å². The minimum absolute atomic E-state index is 0.0325. The Morgan fingerprint density at radius 3 is 2.40 bits per heavy atom.